The lowest BCUT2D eigenvalue weighted by Gasteiger charge is -2.15. The molecule has 0 amide bonds. The van der Waals surface area contributed by atoms with Gasteiger partial charge < -0.3 is 5.11 Å². The van der Waals surface area contributed by atoms with Gasteiger partial charge >= 0.3 is 0 Å². The summed E-state index contributed by atoms with van der Waals surface area (Å²) in [5.74, 6) is 0. The maximum absolute atomic E-state index is 9.54. The number of rotatable bonds is 6. The molecule has 88 valence electrons. The summed E-state index contributed by atoms with van der Waals surface area (Å²) >= 11 is 0. The Balaban J connectivity index is 3.75. The van der Waals surface area contributed by atoms with Gasteiger partial charge in [-0.1, -0.05) is 23.3 Å². The Hall–Kier alpha value is -0.560. The van der Waals surface area contributed by atoms with E-state index >= 15 is 0 Å². The molecule has 1 N–H and O–H groups in total. The van der Waals surface area contributed by atoms with E-state index in [4.69, 9.17) is 0 Å². The molecule has 0 aromatic carbocycles. The molecule has 0 spiro atoms. The van der Waals surface area contributed by atoms with E-state index in [1.54, 1.807) is 0 Å². The van der Waals surface area contributed by atoms with E-state index in [0.717, 1.165) is 25.7 Å². The van der Waals surface area contributed by atoms with Crippen molar-refractivity contribution < 1.29 is 5.11 Å². The molecule has 0 heterocycles. The second kappa shape index (κ2) is 6.84. The fourth-order valence-electron chi connectivity index (χ4n) is 1.36. The maximum atomic E-state index is 9.54. The Labute approximate surface area is 94.9 Å². The topological polar surface area (TPSA) is 20.2 Å². The molecule has 0 fully saturated rings. The van der Waals surface area contributed by atoms with E-state index in [9.17, 15) is 5.11 Å². The van der Waals surface area contributed by atoms with Crippen LogP contribution in [0.1, 0.15) is 60.3 Å². The predicted octanol–water partition coefficient (Wildman–Crippen LogP) is 4.23. The summed E-state index contributed by atoms with van der Waals surface area (Å²) in [6, 6.07) is 0. The van der Waals surface area contributed by atoms with Crippen molar-refractivity contribution in [3.63, 3.8) is 0 Å². The predicted molar refractivity (Wildman–Crippen MR) is 68.0 cm³/mol. The molecule has 0 aliphatic heterocycles. The molecule has 15 heavy (non-hydrogen) atoms. The second-order valence-corrected chi connectivity index (χ2v) is 5.22. The third-order valence-corrected chi connectivity index (χ3v) is 2.34. The van der Waals surface area contributed by atoms with Crippen LogP contribution >= 0.6 is 0 Å². The van der Waals surface area contributed by atoms with Gasteiger partial charge in [0, 0.05) is 0 Å². The van der Waals surface area contributed by atoms with Gasteiger partial charge in [-0.2, -0.15) is 0 Å². The number of hydrogen-bond acceptors (Lipinski definition) is 1. The van der Waals surface area contributed by atoms with Gasteiger partial charge in [-0.3, -0.25) is 0 Å². The fraction of sp³-hybridized carbons (Fsp3) is 0.714. The highest BCUT2D eigenvalue weighted by Crippen LogP contribution is 2.13. The SMILES string of the molecule is CC(C)=CCCC(C)=CCCC(C)(C)O. The average molecular weight is 210 g/mol. The largest absolute Gasteiger partial charge is 0.390 e. The Morgan fingerprint density at radius 3 is 2.13 bits per heavy atom. The Morgan fingerprint density at radius 1 is 1.07 bits per heavy atom. The summed E-state index contributed by atoms with van der Waals surface area (Å²) in [6.45, 7) is 10.2. The quantitative estimate of drug-likeness (QED) is 0.650. The van der Waals surface area contributed by atoms with Crippen LogP contribution in [0.3, 0.4) is 0 Å². The summed E-state index contributed by atoms with van der Waals surface area (Å²) in [7, 11) is 0. The average Bonchev–Trinajstić information content (AvgIpc) is 2.00. The molecule has 0 aromatic rings. The highest BCUT2D eigenvalue weighted by molar-refractivity contribution is 5.02. The van der Waals surface area contributed by atoms with Crippen molar-refractivity contribution in [3.8, 4) is 0 Å². The van der Waals surface area contributed by atoms with E-state index in [2.05, 4.69) is 32.9 Å². The van der Waals surface area contributed by atoms with Crippen LogP contribution in [-0.4, -0.2) is 10.7 Å². The molecule has 0 saturated carbocycles. The van der Waals surface area contributed by atoms with Gasteiger partial charge in [0.1, 0.15) is 0 Å². The van der Waals surface area contributed by atoms with Gasteiger partial charge in [0.15, 0.2) is 0 Å². The maximum Gasteiger partial charge on any atom is 0.0594 e. The molecule has 0 radical (unpaired) electrons. The number of hydrogen-bond donors (Lipinski definition) is 1. The number of aliphatic hydroxyl groups is 1. The van der Waals surface area contributed by atoms with Gasteiger partial charge in [0.2, 0.25) is 0 Å². The van der Waals surface area contributed by atoms with Crippen molar-refractivity contribution in [3.05, 3.63) is 23.3 Å². The Kier molecular flexibility index (Phi) is 6.58. The molecule has 0 saturated heterocycles. The van der Waals surface area contributed by atoms with Gasteiger partial charge in [-0.25, -0.2) is 0 Å². The van der Waals surface area contributed by atoms with Crippen LogP contribution in [0.2, 0.25) is 0 Å². The minimum absolute atomic E-state index is 0.531. The standard InChI is InChI=1S/C14H26O/c1-12(2)8-6-9-13(3)10-7-11-14(4,5)15/h8,10,15H,6-7,9,11H2,1-5H3. The van der Waals surface area contributed by atoms with Crippen LogP contribution in [0.4, 0.5) is 0 Å². The molecule has 1 nitrogen and oxygen atoms in total. The molecule has 0 aromatic heterocycles. The van der Waals surface area contributed by atoms with Crippen LogP contribution < -0.4 is 0 Å². The van der Waals surface area contributed by atoms with Crippen LogP contribution in [0, 0.1) is 0 Å². The third kappa shape index (κ3) is 11.4. The lowest BCUT2D eigenvalue weighted by Crippen LogP contribution is -2.17. The smallest absolute Gasteiger partial charge is 0.0594 e. The molecule has 1 heteroatoms. The van der Waals surface area contributed by atoms with Crippen molar-refractivity contribution >= 4 is 0 Å². The summed E-state index contributed by atoms with van der Waals surface area (Å²) in [6.07, 6.45) is 8.60. The second-order valence-electron chi connectivity index (χ2n) is 5.22. The molecule has 0 atom stereocenters. The van der Waals surface area contributed by atoms with Crippen molar-refractivity contribution in [1.29, 1.82) is 0 Å². The van der Waals surface area contributed by atoms with E-state index in [-0.39, 0.29) is 0 Å². The van der Waals surface area contributed by atoms with E-state index in [0.29, 0.717) is 0 Å². The van der Waals surface area contributed by atoms with Crippen LogP contribution in [-0.2, 0) is 0 Å². The van der Waals surface area contributed by atoms with Gasteiger partial charge in [0.05, 0.1) is 5.60 Å². The lowest BCUT2D eigenvalue weighted by molar-refractivity contribution is 0.0721. The highest BCUT2D eigenvalue weighted by atomic mass is 16.3. The van der Waals surface area contributed by atoms with Gasteiger partial charge in [-0.05, 0) is 60.3 Å². The molecule has 0 aliphatic rings. The van der Waals surface area contributed by atoms with Gasteiger partial charge in [0.25, 0.3) is 0 Å². The third-order valence-electron chi connectivity index (χ3n) is 2.34. The first-order valence-corrected chi connectivity index (χ1v) is 5.82. The van der Waals surface area contributed by atoms with Crippen LogP contribution in [0.15, 0.2) is 23.3 Å². The van der Waals surface area contributed by atoms with Crippen LogP contribution in [0.25, 0.3) is 0 Å². The minimum Gasteiger partial charge on any atom is -0.390 e. The molecule has 0 aliphatic carbocycles. The fourth-order valence-corrected chi connectivity index (χ4v) is 1.36. The van der Waals surface area contributed by atoms with Crippen molar-refractivity contribution in [2.75, 3.05) is 0 Å². The monoisotopic (exact) mass is 210 g/mol. The van der Waals surface area contributed by atoms with Crippen molar-refractivity contribution in [2.24, 2.45) is 0 Å². The molecular weight excluding hydrogens is 184 g/mol. The molecular formula is C14H26O. The number of allylic oxidation sites excluding steroid dienone is 4. The van der Waals surface area contributed by atoms with E-state index in [1.165, 1.54) is 11.1 Å². The first-order valence-electron chi connectivity index (χ1n) is 5.82. The zero-order valence-corrected chi connectivity index (χ0v) is 10.9. The summed E-state index contributed by atoms with van der Waals surface area (Å²) in [5, 5.41) is 9.54. The van der Waals surface area contributed by atoms with Gasteiger partial charge in [-0.15, -0.1) is 0 Å². The summed E-state index contributed by atoms with van der Waals surface area (Å²) in [5.41, 5.74) is 2.28. The van der Waals surface area contributed by atoms with Crippen molar-refractivity contribution in [2.45, 2.75) is 65.9 Å². The Morgan fingerprint density at radius 2 is 1.67 bits per heavy atom. The molecule has 0 bridgehead atoms. The summed E-state index contributed by atoms with van der Waals surface area (Å²) < 4.78 is 0. The first-order chi connectivity index (χ1) is 6.81. The highest BCUT2D eigenvalue weighted by Gasteiger charge is 2.09. The van der Waals surface area contributed by atoms with Crippen molar-refractivity contribution in [1.82, 2.24) is 0 Å². The Bertz CT molecular complexity index is 224. The lowest BCUT2D eigenvalue weighted by atomic mass is 10.0. The van der Waals surface area contributed by atoms with E-state index < -0.39 is 5.60 Å². The normalized spacial score (nSPS) is 12.8. The molecule has 0 unspecified atom stereocenters. The summed E-state index contributed by atoms with van der Waals surface area (Å²) in [4.78, 5) is 0. The zero-order chi connectivity index (χ0) is 11.9. The first kappa shape index (κ1) is 14.4. The molecule has 0 rings (SSSR count). The minimum atomic E-state index is -0.531. The van der Waals surface area contributed by atoms with E-state index in [1.807, 2.05) is 13.8 Å². The van der Waals surface area contributed by atoms with Crippen LogP contribution in [0.5, 0.6) is 0 Å². The zero-order valence-electron chi connectivity index (χ0n) is 10.9.